The van der Waals surface area contributed by atoms with Crippen molar-refractivity contribution in [1.29, 1.82) is 0 Å². The molecule has 1 heterocycles. The largest absolute Gasteiger partial charge is 0.240 e. The fraction of sp³-hybridized carbons (Fsp3) is 0.400. The van der Waals surface area contributed by atoms with Gasteiger partial charge in [0.2, 0.25) is 10.0 Å². The second kappa shape index (κ2) is 5.01. The number of halogens is 2. The summed E-state index contributed by atoms with van der Waals surface area (Å²) in [6.45, 7) is 0. The smallest absolute Gasteiger partial charge is 0.229 e. The highest BCUT2D eigenvalue weighted by atomic mass is 35.5. The van der Waals surface area contributed by atoms with Crippen LogP contribution in [0.25, 0.3) is 0 Å². The molecule has 1 N–H and O–H groups in total. The van der Waals surface area contributed by atoms with Crippen molar-refractivity contribution in [2.24, 2.45) is 0 Å². The van der Waals surface area contributed by atoms with Crippen LogP contribution in [0.5, 0.6) is 0 Å². The van der Waals surface area contributed by atoms with Gasteiger partial charge in [0, 0.05) is 6.04 Å². The van der Waals surface area contributed by atoms with Gasteiger partial charge in [-0.25, -0.2) is 25.9 Å². The van der Waals surface area contributed by atoms with Crippen molar-refractivity contribution in [3.05, 3.63) is 29.0 Å². The topological polar surface area (TPSA) is 80.3 Å². The Balaban J connectivity index is 2.21. The molecule has 0 spiro atoms. The molecule has 1 saturated heterocycles. The van der Waals surface area contributed by atoms with E-state index in [1.807, 2.05) is 0 Å². The molecular weight excluding hydrogens is 317 g/mol. The average Bonchev–Trinajstić information content (AvgIpc) is 2.61. The minimum Gasteiger partial charge on any atom is -0.229 e. The van der Waals surface area contributed by atoms with E-state index in [-0.39, 0.29) is 27.8 Å². The SMILES string of the molecule is O=S1(=O)CC[C@H](NS(=O)(=O)c2ccc(F)c(Cl)c2)C1. The van der Waals surface area contributed by atoms with Gasteiger partial charge in [-0.2, -0.15) is 0 Å². The van der Waals surface area contributed by atoms with Crippen LogP contribution in [0.2, 0.25) is 5.02 Å². The normalized spacial score (nSPS) is 22.5. The van der Waals surface area contributed by atoms with Crippen molar-refractivity contribution in [2.75, 3.05) is 11.5 Å². The van der Waals surface area contributed by atoms with Gasteiger partial charge in [0.1, 0.15) is 5.82 Å². The molecule has 9 heteroatoms. The lowest BCUT2D eigenvalue weighted by atomic mass is 10.3. The minimum absolute atomic E-state index is 0.0373. The number of benzene rings is 1. The molecule has 5 nitrogen and oxygen atoms in total. The van der Waals surface area contributed by atoms with Gasteiger partial charge in [-0.15, -0.1) is 0 Å². The van der Waals surface area contributed by atoms with Crippen LogP contribution in [0, 0.1) is 5.82 Å². The van der Waals surface area contributed by atoms with Crippen LogP contribution >= 0.6 is 11.6 Å². The molecule has 106 valence electrons. The molecular formula is C10H11ClFNO4S2. The first kappa shape index (κ1) is 14.7. The van der Waals surface area contributed by atoms with Crippen LogP contribution in [0.3, 0.4) is 0 Å². The number of hydrogen-bond donors (Lipinski definition) is 1. The Morgan fingerprint density at radius 2 is 2.05 bits per heavy atom. The molecule has 1 aromatic carbocycles. The van der Waals surface area contributed by atoms with Crippen molar-refractivity contribution in [2.45, 2.75) is 17.4 Å². The summed E-state index contributed by atoms with van der Waals surface area (Å²) in [5.74, 6) is -0.977. The van der Waals surface area contributed by atoms with Crippen molar-refractivity contribution in [3.8, 4) is 0 Å². The monoisotopic (exact) mass is 327 g/mol. The maximum atomic E-state index is 13.0. The summed E-state index contributed by atoms with van der Waals surface area (Å²) in [5, 5.41) is -0.304. The summed E-state index contributed by atoms with van der Waals surface area (Å²) in [6, 6.07) is 2.36. The molecule has 0 aliphatic carbocycles. The second-order valence-electron chi connectivity index (χ2n) is 4.30. The third kappa shape index (κ3) is 3.44. The Labute approximate surface area is 115 Å². The summed E-state index contributed by atoms with van der Waals surface area (Å²) < 4.78 is 61.7. The van der Waals surface area contributed by atoms with Gasteiger partial charge in [0.05, 0.1) is 21.4 Å². The highest BCUT2D eigenvalue weighted by molar-refractivity contribution is 7.92. The molecule has 0 radical (unpaired) electrons. The number of hydrogen-bond acceptors (Lipinski definition) is 4. The van der Waals surface area contributed by atoms with Crippen molar-refractivity contribution < 1.29 is 21.2 Å². The lowest BCUT2D eigenvalue weighted by Crippen LogP contribution is -2.35. The van der Waals surface area contributed by atoms with Gasteiger partial charge >= 0.3 is 0 Å². The van der Waals surface area contributed by atoms with Crippen molar-refractivity contribution in [3.63, 3.8) is 0 Å². The Morgan fingerprint density at radius 1 is 1.37 bits per heavy atom. The van der Waals surface area contributed by atoms with Crippen LogP contribution in [0.4, 0.5) is 4.39 Å². The summed E-state index contributed by atoms with van der Waals surface area (Å²) in [6.07, 6.45) is 0.233. The van der Waals surface area contributed by atoms with Gasteiger partial charge in [-0.3, -0.25) is 0 Å². The van der Waals surface area contributed by atoms with Crippen LogP contribution in [0.1, 0.15) is 6.42 Å². The summed E-state index contributed by atoms with van der Waals surface area (Å²) in [5.41, 5.74) is 0. The Hall–Kier alpha value is -0.700. The zero-order chi connectivity index (χ0) is 14.3. The third-order valence-electron chi connectivity index (χ3n) is 2.76. The molecule has 0 aromatic heterocycles. The number of nitrogens with one attached hydrogen (secondary N) is 1. The highest BCUT2D eigenvalue weighted by Gasteiger charge is 2.31. The number of sulfonamides is 1. The summed E-state index contributed by atoms with van der Waals surface area (Å²) >= 11 is 5.52. The number of sulfone groups is 1. The lowest BCUT2D eigenvalue weighted by Gasteiger charge is -2.11. The maximum Gasteiger partial charge on any atom is 0.240 e. The zero-order valence-corrected chi connectivity index (χ0v) is 12.0. The van der Waals surface area contributed by atoms with E-state index in [0.29, 0.717) is 0 Å². The predicted molar refractivity (Wildman–Crippen MR) is 68.8 cm³/mol. The molecule has 2 rings (SSSR count). The summed E-state index contributed by atoms with van der Waals surface area (Å²) in [7, 11) is -7.08. The van der Waals surface area contributed by atoms with E-state index in [1.165, 1.54) is 0 Å². The van der Waals surface area contributed by atoms with Crippen LogP contribution in [-0.2, 0) is 19.9 Å². The van der Waals surface area contributed by atoms with Gasteiger partial charge in [0.25, 0.3) is 0 Å². The molecule has 0 unspecified atom stereocenters. The lowest BCUT2D eigenvalue weighted by molar-refractivity contribution is 0.562. The van der Waals surface area contributed by atoms with Crippen LogP contribution < -0.4 is 4.72 Å². The van der Waals surface area contributed by atoms with E-state index in [2.05, 4.69) is 4.72 Å². The summed E-state index contributed by atoms with van der Waals surface area (Å²) in [4.78, 5) is -0.191. The number of rotatable bonds is 3. The fourth-order valence-corrected chi connectivity index (χ4v) is 5.14. The quantitative estimate of drug-likeness (QED) is 0.896. The molecule has 1 fully saturated rings. The standard InChI is InChI=1S/C10H11ClFNO4S2/c11-9-5-8(1-2-10(9)12)19(16,17)13-7-3-4-18(14,15)6-7/h1-2,5,7,13H,3-4,6H2/t7-/m0/s1. The Morgan fingerprint density at radius 3 is 2.58 bits per heavy atom. The van der Waals surface area contributed by atoms with E-state index in [0.717, 1.165) is 18.2 Å². The van der Waals surface area contributed by atoms with Gasteiger partial charge < -0.3 is 0 Å². The van der Waals surface area contributed by atoms with Crippen LogP contribution in [-0.4, -0.2) is 34.4 Å². The van der Waals surface area contributed by atoms with Gasteiger partial charge in [0.15, 0.2) is 9.84 Å². The Kier molecular flexibility index (Phi) is 3.87. The van der Waals surface area contributed by atoms with E-state index < -0.39 is 31.7 Å². The average molecular weight is 328 g/mol. The zero-order valence-electron chi connectivity index (χ0n) is 9.64. The molecule has 0 saturated carbocycles. The first-order chi connectivity index (χ1) is 8.70. The van der Waals surface area contributed by atoms with Crippen molar-refractivity contribution in [1.82, 2.24) is 4.72 Å². The second-order valence-corrected chi connectivity index (χ2v) is 8.65. The van der Waals surface area contributed by atoms with E-state index >= 15 is 0 Å². The Bertz CT molecular complexity index is 702. The van der Waals surface area contributed by atoms with Crippen molar-refractivity contribution >= 4 is 31.5 Å². The first-order valence-electron chi connectivity index (χ1n) is 5.37. The first-order valence-corrected chi connectivity index (χ1v) is 9.06. The van der Waals surface area contributed by atoms with Gasteiger partial charge in [-0.1, -0.05) is 11.6 Å². The molecule has 1 atom stereocenters. The minimum atomic E-state index is -3.90. The molecule has 1 aromatic rings. The molecule has 19 heavy (non-hydrogen) atoms. The predicted octanol–water partition coefficient (Wildman–Crippen LogP) is 0.944. The third-order valence-corrected chi connectivity index (χ3v) is 6.33. The maximum absolute atomic E-state index is 13.0. The molecule has 0 bridgehead atoms. The van der Waals surface area contributed by atoms with Gasteiger partial charge in [-0.05, 0) is 24.6 Å². The molecule has 1 aliphatic heterocycles. The highest BCUT2D eigenvalue weighted by Crippen LogP contribution is 2.21. The molecule has 1 aliphatic rings. The van der Waals surface area contributed by atoms with E-state index in [9.17, 15) is 21.2 Å². The van der Waals surface area contributed by atoms with E-state index in [4.69, 9.17) is 11.6 Å². The fourth-order valence-electron chi connectivity index (χ4n) is 1.82. The van der Waals surface area contributed by atoms with E-state index in [1.54, 1.807) is 0 Å². The van der Waals surface area contributed by atoms with Crippen LogP contribution in [0.15, 0.2) is 23.1 Å². The molecule has 0 amide bonds.